The predicted octanol–water partition coefficient (Wildman–Crippen LogP) is 1.60. The molecule has 6 nitrogen and oxygen atoms in total. The molecule has 1 fully saturated rings. The summed E-state index contributed by atoms with van der Waals surface area (Å²) in [5, 5.41) is 5.90. The molecule has 1 atom stereocenters. The van der Waals surface area contributed by atoms with Gasteiger partial charge in [0.15, 0.2) is 0 Å². The number of carbonyl (C=O) groups is 2. The van der Waals surface area contributed by atoms with E-state index >= 15 is 0 Å². The monoisotopic (exact) mass is 375 g/mol. The van der Waals surface area contributed by atoms with Crippen LogP contribution in [-0.4, -0.2) is 62.1 Å². The van der Waals surface area contributed by atoms with Gasteiger partial charge in [-0.3, -0.25) is 14.5 Å². The molecule has 2 amide bonds. The summed E-state index contributed by atoms with van der Waals surface area (Å²) in [7, 11) is 0. The van der Waals surface area contributed by atoms with Gasteiger partial charge in [0.1, 0.15) is 6.04 Å². The van der Waals surface area contributed by atoms with Crippen molar-refractivity contribution in [3.05, 3.63) is 35.9 Å². The molecule has 1 saturated heterocycles. The van der Waals surface area contributed by atoms with Gasteiger partial charge in [0.25, 0.3) is 0 Å². The second-order valence-electron chi connectivity index (χ2n) is 7.51. The van der Waals surface area contributed by atoms with Crippen LogP contribution in [0.25, 0.3) is 0 Å². The fraction of sp³-hybridized carbons (Fsp3) is 0.619. The molecular formula is C21H33N3O3. The van der Waals surface area contributed by atoms with E-state index in [0.29, 0.717) is 19.4 Å². The lowest BCUT2D eigenvalue weighted by Crippen LogP contribution is -2.48. The lowest BCUT2D eigenvalue weighted by Gasteiger charge is -2.26. The number of rotatable bonds is 10. The predicted molar refractivity (Wildman–Crippen MR) is 106 cm³/mol. The molecule has 0 aliphatic carbocycles. The first kappa shape index (κ1) is 21.4. The number of nitrogens with zero attached hydrogens (tertiary/aromatic N) is 1. The number of hydrogen-bond acceptors (Lipinski definition) is 4. The van der Waals surface area contributed by atoms with E-state index in [4.69, 9.17) is 4.74 Å². The van der Waals surface area contributed by atoms with Gasteiger partial charge in [0.05, 0.1) is 13.2 Å². The average molecular weight is 376 g/mol. The second kappa shape index (κ2) is 11.7. The Labute approximate surface area is 162 Å². The topological polar surface area (TPSA) is 70.7 Å². The molecule has 1 aliphatic heterocycles. The highest BCUT2D eigenvalue weighted by Crippen LogP contribution is 2.06. The highest BCUT2D eigenvalue weighted by molar-refractivity contribution is 5.87. The molecule has 2 N–H and O–H groups in total. The zero-order valence-electron chi connectivity index (χ0n) is 16.6. The molecule has 6 heteroatoms. The molecule has 1 aliphatic rings. The van der Waals surface area contributed by atoms with Gasteiger partial charge >= 0.3 is 0 Å². The standard InChI is InChI=1S/C21H33N3O3/c1-17(2)15-20(25)23-19(16-18-7-4-3-5-8-18)21(26)22-9-6-10-24-11-13-27-14-12-24/h3-5,7-8,17,19H,6,9-16H2,1-2H3,(H,22,26)(H,23,25). The maximum Gasteiger partial charge on any atom is 0.242 e. The summed E-state index contributed by atoms with van der Waals surface area (Å²) in [5.74, 6) is 0.0753. The Morgan fingerprint density at radius 2 is 1.85 bits per heavy atom. The first-order chi connectivity index (χ1) is 13.0. The average Bonchev–Trinajstić information content (AvgIpc) is 2.65. The third-order valence-electron chi connectivity index (χ3n) is 4.58. The highest BCUT2D eigenvalue weighted by Gasteiger charge is 2.21. The van der Waals surface area contributed by atoms with Crippen LogP contribution in [0.5, 0.6) is 0 Å². The van der Waals surface area contributed by atoms with Crippen molar-refractivity contribution < 1.29 is 14.3 Å². The molecule has 27 heavy (non-hydrogen) atoms. The Morgan fingerprint density at radius 3 is 2.52 bits per heavy atom. The van der Waals surface area contributed by atoms with Crippen molar-refractivity contribution in [3.8, 4) is 0 Å². The van der Waals surface area contributed by atoms with Gasteiger partial charge in [0.2, 0.25) is 11.8 Å². The van der Waals surface area contributed by atoms with Crippen LogP contribution in [0.4, 0.5) is 0 Å². The van der Waals surface area contributed by atoms with E-state index in [1.54, 1.807) is 0 Å². The Balaban J connectivity index is 1.82. The van der Waals surface area contributed by atoms with Gasteiger partial charge in [0, 0.05) is 32.5 Å². The molecular weight excluding hydrogens is 342 g/mol. The maximum absolute atomic E-state index is 12.7. The van der Waals surface area contributed by atoms with E-state index in [9.17, 15) is 9.59 Å². The fourth-order valence-electron chi connectivity index (χ4n) is 3.15. The molecule has 0 saturated carbocycles. The van der Waals surface area contributed by atoms with E-state index in [-0.39, 0.29) is 17.7 Å². The Morgan fingerprint density at radius 1 is 1.15 bits per heavy atom. The van der Waals surface area contributed by atoms with Gasteiger partial charge in [-0.1, -0.05) is 44.2 Å². The molecule has 2 rings (SSSR count). The van der Waals surface area contributed by atoms with E-state index in [1.165, 1.54) is 0 Å². The summed E-state index contributed by atoms with van der Waals surface area (Å²) in [6.07, 6.45) is 1.82. The summed E-state index contributed by atoms with van der Waals surface area (Å²) in [6.45, 7) is 9.04. The van der Waals surface area contributed by atoms with E-state index < -0.39 is 6.04 Å². The van der Waals surface area contributed by atoms with Crippen LogP contribution >= 0.6 is 0 Å². The number of hydrogen-bond donors (Lipinski definition) is 2. The number of nitrogens with one attached hydrogen (secondary N) is 2. The van der Waals surface area contributed by atoms with Crippen LogP contribution in [-0.2, 0) is 20.7 Å². The molecule has 0 spiro atoms. The summed E-state index contributed by atoms with van der Waals surface area (Å²) in [6, 6.07) is 9.26. The Hall–Kier alpha value is -1.92. The molecule has 1 heterocycles. The van der Waals surface area contributed by atoms with Crippen LogP contribution in [0.2, 0.25) is 0 Å². The molecule has 0 aromatic heterocycles. The zero-order valence-corrected chi connectivity index (χ0v) is 16.6. The Kier molecular flexibility index (Phi) is 9.28. The molecule has 150 valence electrons. The van der Waals surface area contributed by atoms with E-state index in [0.717, 1.165) is 44.8 Å². The summed E-state index contributed by atoms with van der Waals surface area (Å²) < 4.78 is 5.34. The van der Waals surface area contributed by atoms with Crippen LogP contribution in [0, 0.1) is 5.92 Å². The quantitative estimate of drug-likeness (QED) is 0.610. The molecule has 1 aromatic rings. The van der Waals surface area contributed by atoms with Gasteiger partial charge in [-0.15, -0.1) is 0 Å². The van der Waals surface area contributed by atoms with Crippen molar-refractivity contribution in [2.45, 2.75) is 39.2 Å². The minimum Gasteiger partial charge on any atom is -0.379 e. The molecule has 1 unspecified atom stereocenters. The van der Waals surface area contributed by atoms with Crippen molar-refractivity contribution in [3.63, 3.8) is 0 Å². The summed E-state index contributed by atoms with van der Waals surface area (Å²) >= 11 is 0. The number of ether oxygens (including phenoxy) is 1. The SMILES string of the molecule is CC(C)CC(=O)NC(Cc1ccccc1)C(=O)NCCCN1CCOCC1. The molecule has 0 bridgehead atoms. The van der Waals surface area contributed by atoms with Crippen LogP contribution < -0.4 is 10.6 Å². The van der Waals surface area contributed by atoms with Crippen LogP contribution in [0.1, 0.15) is 32.3 Å². The third kappa shape index (κ3) is 8.54. The maximum atomic E-state index is 12.7. The van der Waals surface area contributed by atoms with Crippen molar-refractivity contribution in [1.29, 1.82) is 0 Å². The molecule has 0 radical (unpaired) electrons. The lowest BCUT2D eigenvalue weighted by atomic mass is 10.0. The van der Waals surface area contributed by atoms with Gasteiger partial charge < -0.3 is 15.4 Å². The second-order valence-corrected chi connectivity index (χ2v) is 7.51. The highest BCUT2D eigenvalue weighted by atomic mass is 16.5. The third-order valence-corrected chi connectivity index (χ3v) is 4.58. The number of amides is 2. The van der Waals surface area contributed by atoms with Gasteiger partial charge in [-0.05, 0) is 24.4 Å². The minimum atomic E-state index is -0.540. The first-order valence-electron chi connectivity index (χ1n) is 9.95. The largest absolute Gasteiger partial charge is 0.379 e. The summed E-state index contributed by atoms with van der Waals surface area (Å²) in [4.78, 5) is 27.2. The fourth-order valence-corrected chi connectivity index (χ4v) is 3.15. The normalized spacial score (nSPS) is 16.1. The smallest absolute Gasteiger partial charge is 0.242 e. The first-order valence-corrected chi connectivity index (χ1v) is 9.95. The van der Waals surface area contributed by atoms with E-state index in [1.807, 2.05) is 44.2 Å². The minimum absolute atomic E-state index is 0.0746. The van der Waals surface area contributed by atoms with Gasteiger partial charge in [-0.25, -0.2) is 0 Å². The van der Waals surface area contributed by atoms with E-state index in [2.05, 4.69) is 15.5 Å². The number of benzene rings is 1. The van der Waals surface area contributed by atoms with Crippen molar-refractivity contribution >= 4 is 11.8 Å². The van der Waals surface area contributed by atoms with Crippen LogP contribution in [0.15, 0.2) is 30.3 Å². The van der Waals surface area contributed by atoms with Crippen molar-refractivity contribution in [1.82, 2.24) is 15.5 Å². The number of carbonyl (C=O) groups excluding carboxylic acids is 2. The zero-order chi connectivity index (χ0) is 19.5. The van der Waals surface area contributed by atoms with Crippen molar-refractivity contribution in [2.75, 3.05) is 39.4 Å². The molecule has 1 aromatic carbocycles. The van der Waals surface area contributed by atoms with Crippen molar-refractivity contribution in [2.24, 2.45) is 5.92 Å². The Bertz CT molecular complexity index is 571. The number of morpholine rings is 1. The van der Waals surface area contributed by atoms with Crippen LogP contribution in [0.3, 0.4) is 0 Å². The lowest BCUT2D eigenvalue weighted by molar-refractivity contribution is -0.129. The summed E-state index contributed by atoms with van der Waals surface area (Å²) in [5.41, 5.74) is 1.04. The van der Waals surface area contributed by atoms with Gasteiger partial charge in [-0.2, -0.15) is 0 Å².